The van der Waals surface area contributed by atoms with Crippen LogP contribution in [0, 0.1) is 0 Å². The Morgan fingerprint density at radius 1 is 1.16 bits per heavy atom. The van der Waals surface area contributed by atoms with E-state index in [2.05, 4.69) is 6.58 Å². The van der Waals surface area contributed by atoms with Crippen molar-refractivity contribution in [2.24, 2.45) is 0 Å². The molecule has 0 aliphatic heterocycles. The van der Waals surface area contributed by atoms with Crippen LogP contribution >= 0.6 is 0 Å². The van der Waals surface area contributed by atoms with Gasteiger partial charge in [0.1, 0.15) is 5.75 Å². The molecule has 98 valence electrons. The van der Waals surface area contributed by atoms with Crippen molar-refractivity contribution in [2.75, 3.05) is 7.11 Å². The summed E-state index contributed by atoms with van der Waals surface area (Å²) in [5.74, 6) is 0.691. The van der Waals surface area contributed by atoms with Crippen LogP contribution in [0.5, 0.6) is 5.75 Å². The molecule has 0 aliphatic rings. The van der Waals surface area contributed by atoms with Crippen molar-refractivity contribution in [2.45, 2.75) is 6.54 Å². The minimum atomic E-state index is -0.588. The second-order valence-electron chi connectivity index (χ2n) is 3.92. The van der Waals surface area contributed by atoms with Crippen molar-refractivity contribution >= 4 is 0 Å². The number of aromatic nitrogens is 2. The highest BCUT2D eigenvalue weighted by atomic mass is 16.5. The van der Waals surface area contributed by atoms with E-state index in [4.69, 9.17) is 4.74 Å². The Balaban J connectivity index is 2.51. The lowest BCUT2D eigenvalue weighted by atomic mass is 10.3. The van der Waals surface area contributed by atoms with Gasteiger partial charge in [-0.25, -0.2) is 0 Å². The third-order valence-corrected chi connectivity index (χ3v) is 2.73. The molecule has 0 radical (unpaired) electrons. The number of rotatable bonds is 4. The number of allylic oxidation sites excluding steroid dienone is 1. The molecule has 0 saturated heterocycles. The maximum Gasteiger partial charge on any atom is 0.320 e. The first-order valence-corrected chi connectivity index (χ1v) is 5.75. The van der Waals surface area contributed by atoms with Gasteiger partial charge in [0.2, 0.25) is 0 Å². The molecule has 2 aromatic rings. The third-order valence-electron chi connectivity index (χ3n) is 2.73. The van der Waals surface area contributed by atoms with E-state index < -0.39 is 11.1 Å². The fraction of sp³-hybridized carbons (Fsp3) is 0.143. The van der Waals surface area contributed by atoms with Gasteiger partial charge < -0.3 is 9.30 Å². The average Bonchev–Trinajstić information content (AvgIpc) is 2.45. The molecular formula is C14H14N2O3. The van der Waals surface area contributed by atoms with Crippen molar-refractivity contribution < 1.29 is 4.74 Å². The van der Waals surface area contributed by atoms with E-state index in [1.165, 1.54) is 9.13 Å². The molecule has 1 aromatic carbocycles. The molecule has 5 nitrogen and oxygen atoms in total. The van der Waals surface area contributed by atoms with E-state index in [9.17, 15) is 9.59 Å². The quantitative estimate of drug-likeness (QED) is 0.611. The normalized spacial score (nSPS) is 10.2. The number of hydrogen-bond donors (Lipinski definition) is 0. The predicted molar refractivity (Wildman–Crippen MR) is 73.0 cm³/mol. The van der Waals surface area contributed by atoms with Gasteiger partial charge in [-0.3, -0.25) is 14.2 Å². The van der Waals surface area contributed by atoms with Gasteiger partial charge in [-0.2, -0.15) is 0 Å². The molecule has 0 spiro atoms. The van der Waals surface area contributed by atoms with Crippen LogP contribution in [0.2, 0.25) is 0 Å². The lowest BCUT2D eigenvalue weighted by Gasteiger charge is -2.08. The smallest absolute Gasteiger partial charge is 0.320 e. The van der Waals surface area contributed by atoms with E-state index in [-0.39, 0.29) is 0 Å². The Bertz CT molecular complexity index is 696. The summed E-state index contributed by atoms with van der Waals surface area (Å²) >= 11 is 0. The fourth-order valence-electron chi connectivity index (χ4n) is 1.74. The number of methoxy groups -OCH3 is 1. The van der Waals surface area contributed by atoms with E-state index in [0.29, 0.717) is 18.0 Å². The molecule has 1 aromatic heterocycles. The van der Waals surface area contributed by atoms with Crippen LogP contribution in [0.3, 0.4) is 0 Å². The van der Waals surface area contributed by atoms with Crippen LogP contribution in [0.25, 0.3) is 5.69 Å². The Morgan fingerprint density at radius 3 is 2.42 bits per heavy atom. The summed E-state index contributed by atoms with van der Waals surface area (Å²) in [5, 5.41) is 0. The molecule has 2 rings (SSSR count). The first-order chi connectivity index (χ1) is 9.17. The highest BCUT2D eigenvalue weighted by molar-refractivity contribution is 5.37. The zero-order chi connectivity index (χ0) is 13.8. The fourth-order valence-corrected chi connectivity index (χ4v) is 1.74. The van der Waals surface area contributed by atoms with Crippen molar-refractivity contribution in [3.63, 3.8) is 0 Å². The van der Waals surface area contributed by atoms with Crippen molar-refractivity contribution in [1.82, 2.24) is 9.13 Å². The van der Waals surface area contributed by atoms with Crippen LogP contribution in [-0.4, -0.2) is 16.2 Å². The molecule has 0 fully saturated rings. The van der Waals surface area contributed by atoms with Gasteiger partial charge >= 0.3 is 11.1 Å². The first-order valence-electron chi connectivity index (χ1n) is 5.75. The van der Waals surface area contributed by atoms with Crippen LogP contribution < -0.4 is 15.9 Å². The maximum atomic E-state index is 12.0. The maximum absolute atomic E-state index is 12.0. The summed E-state index contributed by atoms with van der Waals surface area (Å²) < 4.78 is 7.67. The van der Waals surface area contributed by atoms with Gasteiger partial charge in [0.25, 0.3) is 0 Å². The summed E-state index contributed by atoms with van der Waals surface area (Å²) in [7, 11) is 1.57. The summed E-state index contributed by atoms with van der Waals surface area (Å²) in [6, 6.07) is 6.91. The molecular weight excluding hydrogens is 244 g/mol. The molecule has 0 amide bonds. The Morgan fingerprint density at radius 2 is 1.84 bits per heavy atom. The molecule has 0 unspecified atom stereocenters. The van der Waals surface area contributed by atoms with Crippen LogP contribution in [0.15, 0.2) is 58.9 Å². The Labute approximate surface area is 110 Å². The lowest BCUT2D eigenvalue weighted by molar-refractivity contribution is 0.414. The third kappa shape index (κ3) is 2.49. The summed E-state index contributed by atoms with van der Waals surface area (Å²) in [6.45, 7) is 3.86. The highest BCUT2D eigenvalue weighted by Gasteiger charge is 2.05. The summed E-state index contributed by atoms with van der Waals surface area (Å²) in [4.78, 5) is 23.8. The second kappa shape index (κ2) is 5.39. The zero-order valence-electron chi connectivity index (χ0n) is 10.6. The second-order valence-corrected chi connectivity index (χ2v) is 3.92. The van der Waals surface area contributed by atoms with Gasteiger partial charge in [-0.15, -0.1) is 6.58 Å². The van der Waals surface area contributed by atoms with Crippen molar-refractivity contribution in [3.05, 3.63) is 70.0 Å². The Kier molecular flexibility index (Phi) is 3.66. The molecule has 5 heteroatoms. The first kappa shape index (κ1) is 12.9. The minimum Gasteiger partial charge on any atom is -0.497 e. The largest absolute Gasteiger partial charge is 0.497 e. The van der Waals surface area contributed by atoms with Gasteiger partial charge in [-0.1, -0.05) is 6.08 Å². The summed E-state index contributed by atoms with van der Waals surface area (Å²) in [6.07, 6.45) is 4.70. The molecule has 19 heavy (non-hydrogen) atoms. The highest BCUT2D eigenvalue weighted by Crippen LogP contribution is 2.12. The molecule has 0 aliphatic carbocycles. The summed E-state index contributed by atoms with van der Waals surface area (Å²) in [5.41, 5.74) is -0.540. The predicted octanol–water partition coefficient (Wildman–Crippen LogP) is 1.19. The standard InChI is InChI=1S/C14H14N2O3/c1-3-8-15-9-10-16(14(18)13(15)17)11-4-6-12(19-2)7-5-11/h3-7,9-10H,1,8H2,2H3. The minimum absolute atomic E-state index is 0.317. The monoisotopic (exact) mass is 258 g/mol. The van der Waals surface area contributed by atoms with E-state index in [1.807, 2.05) is 0 Å². The van der Waals surface area contributed by atoms with Gasteiger partial charge in [0.15, 0.2) is 0 Å². The number of nitrogens with zero attached hydrogens (tertiary/aromatic N) is 2. The number of benzene rings is 1. The van der Waals surface area contributed by atoms with Crippen molar-refractivity contribution in [1.29, 1.82) is 0 Å². The topological polar surface area (TPSA) is 53.2 Å². The van der Waals surface area contributed by atoms with E-state index >= 15 is 0 Å². The number of hydrogen-bond acceptors (Lipinski definition) is 3. The molecule has 0 saturated carbocycles. The molecule has 0 N–H and O–H groups in total. The molecule has 0 atom stereocenters. The lowest BCUT2D eigenvalue weighted by Crippen LogP contribution is -2.39. The van der Waals surface area contributed by atoms with Gasteiger partial charge in [-0.05, 0) is 24.3 Å². The van der Waals surface area contributed by atoms with Crippen molar-refractivity contribution in [3.8, 4) is 11.4 Å². The van der Waals surface area contributed by atoms with Crippen LogP contribution in [0.1, 0.15) is 0 Å². The Hall–Kier alpha value is -2.56. The molecule has 1 heterocycles. The molecule has 0 bridgehead atoms. The van der Waals surface area contributed by atoms with Crippen LogP contribution in [-0.2, 0) is 6.54 Å². The SMILES string of the molecule is C=CCn1ccn(-c2ccc(OC)cc2)c(=O)c1=O. The van der Waals surface area contributed by atoms with Gasteiger partial charge in [0.05, 0.1) is 7.11 Å². The van der Waals surface area contributed by atoms with Gasteiger partial charge in [0, 0.05) is 24.6 Å². The number of ether oxygens (including phenoxy) is 1. The van der Waals surface area contributed by atoms with E-state index in [0.717, 1.165) is 0 Å². The van der Waals surface area contributed by atoms with Crippen LogP contribution in [0.4, 0.5) is 0 Å². The van der Waals surface area contributed by atoms with E-state index in [1.54, 1.807) is 49.8 Å². The average molecular weight is 258 g/mol. The zero-order valence-corrected chi connectivity index (χ0v) is 10.6.